The average molecular weight is 348 g/mol. The van der Waals surface area contributed by atoms with E-state index in [1.807, 2.05) is 43.5 Å². The van der Waals surface area contributed by atoms with E-state index in [1.54, 1.807) is 18.2 Å². The summed E-state index contributed by atoms with van der Waals surface area (Å²) >= 11 is 1.48. The van der Waals surface area contributed by atoms with E-state index in [0.29, 0.717) is 22.5 Å². The molecule has 0 aliphatic rings. The summed E-state index contributed by atoms with van der Waals surface area (Å²) in [5, 5.41) is 0. The van der Waals surface area contributed by atoms with Crippen LogP contribution in [-0.2, 0) is 6.18 Å². The first-order valence-electron chi connectivity index (χ1n) is 7.28. The first-order chi connectivity index (χ1) is 11.4. The number of H-pyrrole nitrogens is 1. The van der Waals surface area contributed by atoms with Crippen LogP contribution in [0.2, 0.25) is 0 Å². The molecule has 2 nitrogen and oxygen atoms in total. The van der Waals surface area contributed by atoms with Gasteiger partial charge in [0, 0.05) is 16.0 Å². The van der Waals surface area contributed by atoms with Gasteiger partial charge in [0.25, 0.3) is 0 Å². The molecule has 0 aliphatic heterocycles. The van der Waals surface area contributed by atoms with Crippen molar-refractivity contribution in [2.45, 2.75) is 18.0 Å². The summed E-state index contributed by atoms with van der Waals surface area (Å²) in [6.07, 6.45) is -2.63. The van der Waals surface area contributed by atoms with Crippen molar-refractivity contribution in [3.05, 3.63) is 59.9 Å². The van der Waals surface area contributed by atoms with Gasteiger partial charge in [0.05, 0.1) is 11.4 Å². The fourth-order valence-electron chi connectivity index (χ4n) is 2.55. The molecule has 1 N–H and O–H groups in total. The highest BCUT2D eigenvalue weighted by Gasteiger charge is 2.36. The SMILES string of the molecule is CSc1ccccc1-c1nc(C(F)(F)F)[nH]c1-c1cccc(C)c1. The first kappa shape index (κ1) is 16.6. The van der Waals surface area contributed by atoms with Crippen LogP contribution in [0.5, 0.6) is 0 Å². The number of aromatic nitrogens is 2. The van der Waals surface area contributed by atoms with Crippen LogP contribution in [0.3, 0.4) is 0 Å². The summed E-state index contributed by atoms with van der Waals surface area (Å²) in [7, 11) is 0. The lowest BCUT2D eigenvalue weighted by Crippen LogP contribution is -2.07. The van der Waals surface area contributed by atoms with Crippen molar-refractivity contribution in [1.29, 1.82) is 0 Å². The summed E-state index contributed by atoms with van der Waals surface area (Å²) in [5.74, 6) is -0.982. The van der Waals surface area contributed by atoms with Gasteiger partial charge in [0.2, 0.25) is 5.82 Å². The fourth-order valence-corrected chi connectivity index (χ4v) is 3.15. The molecule has 0 bridgehead atoms. The van der Waals surface area contributed by atoms with Gasteiger partial charge in [0.15, 0.2) is 0 Å². The lowest BCUT2D eigenvalue weighted by molar-refractivity contribution is -0.144. The highest BCUT2D eigenvalue weighted by atomic mass is 32.2. The number of halogens is 3. The molecule has 2 aromatic carbocycles. The van der Waals surface area contributed by atoms with Crippen LogP contribution >= 0.6 is 11.8 Å². The minimum atomic E-state index is -4.52. The Balaban J connectivity index is 2.26. The molecule has 0 amide bonds. The number of aryl methyl sites for hydroxylation is 1. The summed E-state index contributed by atoms with van der Waals surface area (Å²) in [6.45, 7) is 1.90. The maximum absolute atomic E-state index is 13.2. The van der Waals surface area contributed by atoms with Gasteiger partial charge in [0.1, 0.15) is 0 Å². The van der Waals surface area contributed by atoms with E-state index in [0.717, 1.165) is 10.5 Å². The number of imidazole rings is 1. The van der Waals surface area contributed by atoms with Crippen LogP contribution in [-0.4, -0.2) is 16.2 Å². The summed E-state index contributed by atoms with van der Waals surface area (Å²) in [4.78, 5) is 7.22. The third-order valence-corrected chi connectivity index (χ3v) is 4.44. The second-order valence-corrected chi connectivity index (χ2v) is 6.22. The molecule has 0 saturated heterocycles. The Labute approximate surface area is 142 Å². The Bertz CT molecular complexity index is 869. The van der Waals surface area contributed by atoms with Gasteiger partial charge in [-0.1, -0.05) is 42.0 Å². The van der Waals surface area contributed by atoms with Gasteiger partial charge in [-0.2, -0.15) is 13.2 Å². The Morgan fingerprint density at radius 3 is 2.46 bits per heavy atom. The van der Waals surface area contributed by atoms with Crippen molar-refractivity contribution in [3.8, 4) is 22.5 Å². The maximum atomic E-state index is 13.2. The quantitative estimate of drug-likeness (QED) is 0.607. The van der Waals surface area contributed by atoms with Crippen molar-refractivity contribution in [2.75, 3.05) is 6.26 Å². The van der Waals surface area contributed by atoms with Gasteiger partial charge in [-0.15, -0.1) is 11.8 Å². The van der Waals surface area contributed by atoms with Crippen molar-refractivity contribution in [1.82, 2.24) is 9.97 Å². The standard InChI is InChI=1S/C18H15F3N2S/c1-11-6-5-7-12(10-11)15-16(23-17(22-15)18(19,20)21)13-8-3-4-9-14(13)24-2/h3-10H,1-2H3,(H,22,23). The number of benzene rings is 2. The number of hydrogen-bond acceptors (Lipinski definition) is 2. The minimum absolute atomic E-state index is 0.317. The van der Waals surface area contributed by atoms with E-state index in [9.17, 15) is 13.2 Å². The second-order valence-electron chi connectivity index (χ2n) is 5.38. The van der Waals surface area contributed by atoms with Crippen molar-refractivity contribution in [3.63, 3.8) is 0 Å². The van der Waals surface area contributed by atoms with Crippen molar-refractivity contribution >= 4 is 11.8 Å². The molecule has 0 unspecified atom stereocenters. The number of alkyl halides is 3. The van der Waals surface area contributed by atoms with E-state index in [-0.39, 0.29) is 0 Å². The van der Waals surface area contributed by atoms with E-state index in [1.165, 1.54) is 11.8 Å². The van der Waals surface area contributed by atoms with Gasteiger partial charge in [-0.25, -0.2) is 4.98 Å². The molecule has 6 heteroatoms. The lowest BCUT2D eigenvalue weighted by atomic mass is 10.0. The zero-order chi connectivity index (χ0) is 17.3. The van der Waals surface area contributed by atoms with Crippen LogP contribution in [0.25, 0.3) is 22.5 Å². The Morgan fingerprint density at radius 2 is 1.79 bits per heavy atom. The zero-order valence-electron chi connectivity index (χ0n) is 13.1. The molecule has 0 saturated carbocycles. The number of nitrogens with zero attached hydrogens (tertiary/aromatic N) is 1. The van der Waals surface area contributed by atoms with E-state index in [2.05, 4.69) is 9.97 Å². The number of hydrogen-bond donors (Lipinski definition) is 1. The Hall–Kier alpha value is -2.21. The third-order valence-electron chi connectivity index (χ3n) is 3.64. The molecule has 1 heterocycles. The molecule has 0 radical (unpaired) electrons. The molecule has 0 fully saturated rings. The molecule has 0 aliphatic carbocycles. The van der Waals surface area contributed by atoms with Crippen LogP contribution in [0, 0.1) is 6.92 Å². The highest BCUT2D eigenvalue weighted by molar-refractivity contribution is 7.98. The summed E-state index contributed by atoms with van der Waals surface area (Å²) in [6, 6.07) is 14.7. The summed E-state index contributed by atoms with van der Waals surface area (Å²) in [5.41, 5.74) is 3.04. The number of nitrogens with one attached hydrogen (secondary N) is 1. The largest absolute Gasteiger partial charge is 0.449 e. The lowest BCUT2D eigenvalue weighted by Gasteiger charge is -2.08. The topological polar surface area (TPSA) is 28.7 Å². The normalized spacial score (nSPS) is 11.7. The van der Waals surface area contributed by atoms with E-state index in [4.69, 9.17) is 0 Å². The Morgan fingerprint density at radius 1 is 1.04 bits per heavy atom. The van der Waals surface area contributed by atoms with Crippen LogP contribution < -0.4 is 0 Å². The molecular weight excluding hydrogens is 333 g/mol. The van der Waals surface area contributed by atoms with E-state index >= 15 is 0 Å². The fraction of sp³-hybridized carbons (Fsp3) is 0.167. The maximum Gasteiger partial charge on any atom is 0.449 e. The average Bonchev–Trinajstić information content (AvgIpc) is 3.00. The van der Waals surface area contributed by atoms with Crippen molar-refractivity contribution < 1.29 is 13.2 Å². The Kier molecular flexibility index (Phi) is 4.41. The van der Waals surface area contributed by atoms with Gasteiger partial charge in [-0.05, 0) is 25.3 Å². The molecule has 0 atom stereocenters. The smallest absolute Gasteiger partial charge is 0.334 e. The van der Waals surface area contributed by atoms with Crippen molar-refractivity contribution in [2.24, 2.45) is 0 Å². The van der Waals surface area contributed by atoms with Crippen LogP contribution in [0.4, 0.5) is 13.2 Å². The molecule has 0 spiro atoms. The summed E-state index contributed by atoms with van der Waals surface area (Å²) < 4.78 is 39.5. The molecule has 24 heavy (non-hydrogen) atoms. The van der Waals surface area contributed by atoms with Crippen LogP contribution in [0.1, 0.15) is 11.4 Å². The predicted molar refractivity (Wildman–Crippen MR) is 91.0 cm³/mol. The predicted octanol–water partition coefficient (Wildman–Crippen LogP) is 5.79. The molecular formula is C18H15F3N2S. The molecule has 3 aromatic rings. The monoisotopic (exact) mass is 348 g/mol. The van der Waals surface area contributed by atoms with E-state index < -0.39 is 12.0 Å². The van der Waals surface area contributed by atoms with Gasteiger partial charge >= 0.3 is 6.18 Å². The number of aromatic amines is 1. The second kappa shape index (κ2) is 6.36. The molecule has 124 valence electrons. The van der Waals surface area contributed by atoms with Gasteiger partial charge in [-0.3, -0.25) is 0 Å². The molecule has 3 rings (SSSR count). The van der Waals surface area contributed by atoms with Gasteiger partial charge < -0.3 is 4.98 Å². The number of thioether (sulfide) groups is 1. The number of rotatable bonds is 3. The first-order valence-corrected chi connectivity index (χ1v) is 8.50. The van der Waals surface area contributed by atoms with Crippen LogP contribution in [0.15, 0.2) is 53.4 Å². The third kappa shape index (κ3) is 3.19. The zero-order valence-corrected chi connectivity index (χ0v) is 13.9. The molecule has 1 aromatic heterocycles. The highest BCUT2D eigenvalue weighted by Crippen LogP contribution is 2.38. The minimum Gasteiger partial charge on any atom is -0.334 e.